The molecule has 0 bridgehead atoms. The van der Waals surface area contributed by atoms with Crippen molar-refractivity contribution in [1.82, 2.24) is 4.98 Å². The third kappa shape index (κ3) is 2.09. The Labute approximate surface area is 124 Å². The molecule has 20 heavy (non-hydrogen) atoms. The summed E-state index contributed by atoms with van der Waals surface area (Å²) in [4.78, 5) is 14.5. The van der Waals surface area contributed by atoms with Gasteiger partial charge >= 0.3 is 0 Å². The minimum absolute atomic E-state index is 0.335. The van der Waals surface area contributed by atoms with E-state index in [1.165, 1.54) is 12.1 Å². The van der Waals surface area contributed by atoms with Gasteiger partial charge in [0.05, 0.1) is 10.7 Å². The molecule has 100 valence electrons. The van der Waals surface area contributed by atoms with E-state index in [9.17, 15) is 9.18 Å². The second-order valence-corrected chi connectivity index (χ2v) is 5.19. The van der Waals surface area contributed by atoms with Gasteiger partial charge in [-0.15, -0.1) is 0 Å². The lowest BCUT2D eigenvalue weighted by molar-refractivity contribution is 0.112. The lowest BCUT2D eigenvalue weighted by atomic mass is 10.1. The number of aldehydes is 1. The average molecular weight is 308 g/mol. The van der Waals surface area contributed by atoms with Gasteiger partial charge in [0.1, 0.15) is 5.82 Å². The Bertz CT molecular complexity index is 809. The van der Waals surface area contributed by atoms with E-state index in [-0.39, 0.29) is 5.82 Å². The Morgan fingerprint density at radius 3 is 2.45 bits per heavy atom. The van der Waals surface area contributed by atoms with Crippen molar-refractivity contribution in [3.05, 3.63) is 57.8 Å². The molecule has 1 N–H and O–H groups in total. The smallest absolute Gasteiger partial charge is 0.152 e. The molecule has 1 heterocycles. The molecule has 0 aliphatic rings. The first-order valence-electron chi connectivity index (χ1n) is 5.82. The van der Waals surface area contributed by atoms with Crippen molar-refractivity contribution in [2.45, 2.75) is 0 Å². The molecule has 5 heteroatoms. The molecule has 3 aromatic rings. The average Bonchev–Trinajstić information content (AvgIpc) is 2.78. The van der Waals surface area contributed by atoms with Crippen LogP contribution in [0, 0.1) is 5.82 Å². The van der Waals surface area contributed by atoms with Crippen LogP contribution in [0.4, 0.5) is 4.39 Å². The summed E-state index contributed by atoms with van der Waals surface area (Å²) >= 11 is 12.1. The molecule has 0 aliphatic carbocycles. The van der Waals surface area contributed by atoms with Crippen LogP contribution in [-0.4, -0.2) is 11.3 Å². The Morgan fingerprint density at radius 2 is 1.80 bits per heavy atom. The van der Waals surface area contributed by atoms with Gasteiger partial charge in [0.25, 0.3) is 0 Å². The van der Waals surface area contributed by atoms with Crippen molar-refractivity contribution < 1.29 is 9.18 Å². The maximum absolute atomic E-state index is 13.0. The van der Waals surface area contributed by atoms with E-state index in [0.29, 0.717) is 37.8 Å². The number of hydrogen-bond donors (Lipinski definition) is 1. The van der Waals surface area contributed by atoms with Crippen molar-refractivity contribution in [2.24, 2.45) is 0 Å². The molecule has 2 aromatic carbocycles. The molecule has 0 unspecified atom stereocenters. The second-order valence-electron chi connectivity index (χ2n) is 4.35. The van der Waals surface area contributed by atoms with Gasteiger partial charge in [0.15, 0.2) is 6.29 Å². The van der Waals surface area contributed by atoms with E-state index >= 15 is 0 Å². The standard InChI is InChI=1S/C15H8Cl2FNO/c16-9-5-12(17)14-11(7-20)15(19-13(14)6-9)8-1-3-10(18)4-2-8/h1-7,19H. The molecule has 0 saturated heterocycles. The SMILES string of the molecule is O=Cc1c(-c2ccc(F)cc2)[nH]c2cc(Cl)cc(Cl)c12. The summed E-state index contributed by atoms with van der Waals surface area (Å²) in [6.45, 7) is 0. The van der Waals surface area contributed by atoms with Crippen LogP contribution in [0.2, 0.25) is 10.0 Å². The summed E-state index contributed by atoms with van der Waals surface area (Å²) in [6, 6.07) is 9.16. The van der Waals surface area contributed by atoms with Gasteiger partial charge in [-0.3, -0.25) is 4.79 Å². The Hall–Kier alpha value is -1.84. The molecular formula is C15H8Cl2FNO. The fourth-order valence-electron chi connectivity index (χ4n) is 2.24. The van der Waals surface area contributed by atoms with Crippen LogP contribution in [0.5, 0.6) is 0 Å². The highest BCUT2D eigenvalue weighted by Crippen LogP contribution is 2.35. The van der Waals surface area contributed by atoms with Crippen LogP contribution >= 0.6 is 23.2 Å². The minimum Gasteiger partial charge on any atom is -0.354 e. The number of carbonyl (C=O) groups is 1. The molecular weight excluding hydrogens is 300 g/mol. The number of hydrogen-bond acceptors (Lipinski definition) is 1. The van der Waals surface area contributed by atoms with Crippen molar-refractivity contribution in [3.63, 3.8) is 0 Å². The van der Waals surface area contributed by atoms with Gasteiger partial charge in [0, 0.05) is 21.5 Å². The number of aromatic nitrogens is 1. The van der Waals surface area contributed by atoms with Crippen LogP contribution in [0.15, 0.2) is 36.4 Å². The van der Waals surface area contributed by atoms with Crippen LogP contribution in [-0.2, 0) is 0 Å². The zero-order valence-corrected chi connectivity index (χ0v) is 11.6. The van der Waals surface area contributed by atoms with E-state index in [1.807, 2.05) is 0 Å². The van der Waals surface area contributed by atoms with Crippen LogP contribution in [0.3, 0.4) is 0 Å². The number of fused-ring (bicyclic) bond motifs is 1. The topological polar surface area (TPSA) is 32.9 Å². The lowest BCUT2D eigenvalue weighted by Crippen LogP contribution is -1.85. The molecule has 0 radical (unpaired) electrons. The zero-order valence-electron chi connectivity index (χ0n) is 10.1. The first-order valence-corrected chi connectivity index (χ1v) is 6.57. The van der Waals surface area contributed by atoms with E-state index in [2.05, 4.69) is 4.98 Å². The van der Waals surface area contributed by atoms with Crippen molar-refractivity contribution in [2.75, 3.05) is 0 Å². The summed E-state index contributed by atoms with van der Waals surface area (Å²) in [7, 11) is 0. The van der Waals surface area contributed by atoms with Gasteiger partial charge in [-0.1, -0.05) is 23.2 Å². The second kappa shape index (κ2) is 4.93. The fraction of sp³-hybridized carbons (Fsp3) is 0. The predicted molar refractivity (Wildman–Crippen MR) is 79.1 cm³/mol. The number of H-pyrrole nitrogens is 1. The van der Waals surface area contributed by atoms with Crippen molar-refractivity contribution >= 4 is 40.4 Å². The molecule has 0 aliphatic heterocycles. The monoisotopic (exact) mass is 307 g/mol. The molecule has 1 aromatic heterocycles. The number of aromatic amines is 1. The van der Waals surface area contributed by atoms with E-state index in [1.54, 1.807) is 24.3 Å². The third-order valence-electron chi connectivity index (χ3n) is 3.10. The normalized spacial score (nSPS) is 10.9. The molecule has 2 nitrogen and oxygen atoms in total. The number of benzene rings is 2. The molecule has 0 amide bonds. The highest BCUT2D eigenvalue weighted by molar-refractivity contribution is 6.39. The van der Waals surface area contributed by atoms with Gasteiger partial charge < -0.3 is 4.98 Å². The van der Waals surface area contributed by atoms with Gasteiger partial charge in [0.2, 0.25) is 0 Å². The van der Waals surface area contributed by atoms with E-state index in [4.69, 9.17) is 23.2 Å². The minimum atomic E-state index is -0.335. The maximum atomic E-state index is 13.0. The zero-order chi connectivity index (χ0) is 14.3. The highest BCUT2D eigenvalue weighted by atomic mass is 35.5. The van der Waals surface area contributed by atoms with Gasteiger partial charge in [-0.25, -0.2) is 4.39 Å². The molecule has 0 saturated carbocycles. The third-order valence-corrected chi connectivity index (χ3v) is 3.62. The summed E-state index contributed by atoms with van der Waals surface area (Å²) in [5.74, 6) is -0.335. The number of halogens is 3. The maximum Gasteiger partial charge on any atom is 0.152 e. The quantitative estimate of drug-likeness (QED) is 0.657. The summed E-state index contributed by atoms with van der Waals surface area (Å²) in [6.07, 6.45) is 0.733. The Morgan fingerprint density at radius 1 is 1.10 bits per heavy atom. The molecule has 0 atom stereocenters. The fourth-order valence-corrected chi connectivity index (χ4v) is 2.83. The van der Waals surface area contributed by atoms with E-state index in [0.717, 1.165) is 6.29 Å². The van der Waals surface area contributed by atoms with Gasteiger partial charge in [-0.05, 0) is 42.0 Å². The number of carbonyl (C=O) groups excluding carboxylic acids is 1. The lowest BCUT2D eigenvalue weighted by Gasteiger charge is -1.99. The van der Waals surface area contributed by atoms with Crippen LogP contribution < -0.4 is 0 Å². The Balaban J connectivity index is 2.33. The molecule has 0 spiro atoms. The first-order chi connectivity index (χ1) is 9.60. The highest BCUT2D eigenvalue weighted by Gasteiger charge is 2.15. The molecule has 0 fully saturated rings. The predicted octanol–water partition coefficient (Wildman–Crippen LogP) is 5.09. The summed E-state index contributed by atoms with van der Waals surface area (Å²) < 4.78 is 13.0. The van der Waals surface area contributed by atoms with Crippen LogP contribution in [0.1, 0.15) is 10.4 Å². The number of nitrogens with one attached hydrogen (secondary N) is 1. The first kappa shape index (κ1) is 13.2. The molecule has 3 rings (SSSR count). The van der Waals surface area contributed by atoms with Crippen LogP contribution in [0.25, 0.3) is 22.2 Å². The summed E-state index contributed by atoms with van der Waals surface area (Å²) in [5, 5.41) is 1.50. The Kier molecular flexibility index (Phi) is 3.24. The summed E-state index contributed by atoms with van der Waals surface area (Å²) in [5.41, 5.74) is 2.41. The van der Waals surface area contributed by atoms with E-state index < -0.39 is 0 Å². The van der Waals surface area contributed by atoms with Crippen molar-refractivity contribution in [3.8, 4) is 11.3 Å². The van der Waals surface area contributed by atoms with Crippen molar-refractivity contribution in [1.29, 1.82) is 0 Å². The van der Waals surface area contributed by atoms with Gasteiger partial charge in [-0.2, -0.15) is 0 Å². The largest absolute Gasteiger partial charge is 0.354 e. The number of rotatable bonds is 2.